The highest BCUT2D eigenvalue weighted by Gasteiger charge is 2.41. The quantitative estimate of drug-likeness (QED) is 0.776. The van der Waals surface area contributed by atoms with Crippen molar-refractivity contribution in [2.75, 3.05) is 13.1 Å². The van der Waals surface area contributed by atoms with Crippen LogP contribution in [0.2, 0.25) is 0 Å². The van der Waals surface area contributed by atoms with E-state index in [1.165, 1.54) is 19.4 Å². The second-order valence-electron chi connectivity index (χ2n) is 5.86. The van der Waals surface area contributed by atoms with Gasteiger partial charge in [0, 0.05) is 18.1 Å². The van der Waals surface area contributed by atoms with E-state index in [-0.39, 0.29) is 5.54 Å². The van der Waals surface area contributed by atoms with Crippen molar-refractivity contribution < 1.29 is 0 Å². The maximum absolute atomic E-state index is 6.01. The molecule has 1 aliphatic rings. The summed E-state index contributed by atoms with van der Waals surface area (Å²) in [6.07, 6.45) is 2.69. The first-order valence-electron chi connectivity index (χ1n) is 6.40. The predicted molar refractivity (Wildman–Crippen MR) is 66.9 cm³/mol. The minimum Gasteiger partial charge on any atom is -0.329 e. The molecule has 2 unspecified atom stereocenters. The summed E-state index contributed by atoms with van der Waals surface area (Å²) in [5.41, 5.74) is 6.19. The molecule has 1 rings (SSSR count). The number of likely N-dealkylation sites (tertiary alicyclic amines) is 1. The van der Waals surface area contributed by atoms with Gasteiger partial charge in [0.05, 0.1) is 0 Å². The topological polar surface area (TPSA) is 29.3 Å². The lowest BCUT2D eigenvalue weighted by atomic mass is 9.84. The summed E-state index contributed by atoms with van der Waals surface area (Å²) >= 11 is 0. The smallest absolute Gasteiger partial charge is 0.0329 e. The van der Waals surface area contributed by atoms with E-state index in [0.29, 0.717) is 5.92 Å². The zero-order chi connectivity index (χ0) is 11.6. The largest absolute Gasteiger partial charge is 0.329 e. The highest BCUT2D eigenvalue weighted by molar-refractivity contribution is 4.97. The Morgan fingerprint density at radius 1 is 1.33 bits per heavy atom. The van der Waals surface area contributed by atoms with Gasteiger partial charge in [0.1, 0.15) is 0 Å². The molecule has 1 heterocycles. The molecule has 15 heavy (non-hydrogen) atoms. The second kappa shape index (κ2) is 4.84. The maximum Gasteiger partial charge on any atom is 0.0329 e. The zero-order valence-corrected chi connectivity index (χ0v) is 11.1. The Morgan fingerprint density at radius 2 is 1.93 bits per heavy atom. The molecule has 2 nitrogen and oxygen atoms in total. The van der Waals surface area contributed by atoms with Gasteiger partial charge in [-0.2, -0.15) is 0 Å². The molecule has 90 valence electrons. The van der Waals surface area contributed by atoms with Crippen molar-refractivity contribution in [3.05, 3.63) is 0 Å². The summed E-state index contributed by atoms with van der Waals surface area (Å²) in [4.78, 5) is 2.67. The van der Waals surface area contributed by atoms with Gasteiger partial charge in [-0.3, -0.25) is 4.90 Å². The summed E-state index contributed by atoms with van der Waals surface area (Å²) in [6.45, 7) is 13.6. The molecule has 0 bridgehead atoms. The van der Waals surface area contributed by atoms with Gasteiger partial charge in [0.25, 0.3) is 0 Å². The van der Waals surface area contributed by atoms with Gasteiger partial charge in [0.15, 0.2) is 0 Å². The van der Waals surface area contributed by atoms with Crippen molar-refractivity contribution in [2.45, 2.75) is 59.0 Å². The van der Waals surface area contributed by atoms with Gasteiger partial charge in [0.2, 0.25) is 0 Å². The summed E-state index contributed by atoms with van der Waals surface area (Å²) < 4.78 is 0. The highest BCUT2D eigenvalue weighted by Crippen LogP contribution is 2.34. The van der Waals surface area contributed by atoms with Crippen molar-refractivity contribution in [1.82, 2.24) is 4.90 Å². The first-order valence-corrected chi connectivity index (χ1v) is 6.40. The van der Waals surface area contributed by atoms with E-state index in [2.05, 4.69) is 39.5 Å². The van der Waals surface area contributed by atoms with E-state index >= 15 is 0 Å². The number of hydrogen-bond donors (Lipinski definition) is 1. The molecule has 0 aromatic rings. The van der Waals surface area contributed by atoms with Crippen molar-refractivity contribution in [1.29, 1.82) is 0 Å². The van der Waals surface area contributed by atoms with E-state index in [1.54, 1.807) is 0 Å². The normalized spacial score (nSPS) is 27.6. The van der Waals surface area contributed by atoms with Crippen LogP contribution in [0.1, 0.15) is 47.5 Å². The van der Waals surface area contributed by atoms with E-state index in [4.69, 9.17) is 5.73 Å². The monoisotopic (exact) mass is 212 g/mol. The predicted octanol–water partition coefficient (Wildman–Crippen LogP) is 2.48. The van der Waals surface area contributed by atoms with Crippen LogP contribution >= 0.6 is 0 Å². The van der Waals surface area contributed by atoms with E-state index in [9.17, 15) is 0 Å². The van der Waals surface area contributed by atoms with Crippen molar-refractivity contribution in [3.63, 3.8) is 0 Å². The third-order valence-corrected chi connectivity index (χ3v) is 4.38. The molecule has 0 aromatic heterocycles. The number of rotatable bonds is 4. The Kier molecular flexibility index (Phi) is 4.19. The van der Waals surface area contributed by atoms with Crippen LogP contribution in [0.5, 0.6) is 0 Å². The zero-order valence-electron chi connectivity index (χ0n) is 11.1. The van der Waals surface area contributed by atoms with Gasteiger partial charge >= 0.3 is 0 Å². The van der Waals surface area contributed by atoms with Gasteiger partial charge in [-0.1, -0.05) is 27.7 Å². The molecular weight excluding hydrogens is 184 g/mol. The summed E-state index contributed by atoms with van der Waals surface area (Å²) in [5, 5.41) is 0. The molecular formula is C13H28N2. The van der Waals surface area contributed by atoms with Gasteiger partial charge in [-0.25, -0.2) is 0 Å². The highest BCUT2D eigenvalue weighted by atomic mass is 15.3. The molecule has 0 saturated carbocycles. The fraction of sp³-hybridized carbons (Fsp3) is 1.00. The number of nitrogens with zero attached hydrogens (tertiary/aromatic N) is 1. The summed E-state index contributed by atoms with van der Waals surface area (Å²) in [6, 6.07) is 0.737. The average Bonchev–Trinajstić information content (AvgIpc) is 2.64. The van der Waals surface area contributed by atoms with E-state index in [1.807, 2.05) is 0 Å². The van der Waals surface area contributed by atoms with Crippen molar-refractivity contribution >= 4 is 0 Å². The molecule has 1 fully saturated rings. The lowest BCUT2D eigenvalue weighted by Gasteiger charge is -2.46. The minimum atomic E-state index is 0.186. The standard InChI is InChI=1S/C13H28N2/c1-10(2)12-7-6-8-15(12)13(5,9-14)11(3)4/h10-12H,6-9,14H2,1-5H3. The Bertz CT molecular complexity index is 201. The average molecular weight is 212 g/mol. The third-order valence-electron chi connectivity index (χ3n) is 4.38. The number of nitrogens with two attached hydrogens (primary N) is 1. The molecule has 2 atom stereocenters. The van der Waals surface area contributed by atoms with Crippen LogP contribution in [0.15, 0.2) is 0 Å². The molecule has 1 saturated heterocycles. The molecule has 0 aromatic carbocycles. The van der Waals surface area contributed by atoms with Crippen LogP contribution in [0.4, 0.5) is 0 Å². The second-order valence-corrected chi connectivity index (χ2v) is 5.86. The third kappa shape index (κ3) is 2.36. The summed E-state index contributed by atoms with van der Waals surface area (Å²) in [7, 11) is 0. The number of hydrogen-bond acceptors (Lipinski definition) is 2. The molecule has 0 aliphatic carbocycles. The van der Waals surface area contributed by atoms with Crippen LogP contribution in [0, 0.1) is 11.8 Å². The molecule has 0 amide bonds. The summed E-state index contributed by atoms with van der Waals surface area (Å²) in [5.74, 6) is 1.37. The van der Waals surface area contributed by atoms with Crippen molar-refractivity contribution in [2.24, 2.45) is 17.6 Å². The fourth-order valence-electron chi connectivity index (χ4n) is 2.80. The maximum atomic E-state index is 6.01. The molecule has 0 radical (unpaired) electrons. The Hall–Kier alpha value is -0.0800. The lowest BCUT2D eigenvalue weighted by Crippen LogP contribution is -2.57. The van der Waals surface area contributed by atoms with Crippen LogP contribution in [-0.2, 0) is 0 Å². The minimum absolute atomic E-state index is 0.186. The van der Waals surface area contributed by atoms with E-state index < -0.39 is 0 Å². The first-order chi connectivity index (χ1) is 6.93. The van der Waals surface area contributed by atoms with Gasteiger partial charge in [-0.05, 0) is 38.1 Å². The van der Waals surface area contributed by atoms with Crippen LogP contribution in [0.3, 0.4) is 0 Å². The Morgan fingerprint density at radius 3 is 2.33 bits per heavy atom. The lowest BCUT2D eigenvalue weighted by molar-refractivity contribution is 0.0380. The van der Waals surface area contributed by atoms with Crippen LogP contribution in [-0.4, -0.2) is 29.6 Å². The molecule has 2 N–H and O–H groups in total. The van der Waals surface area contributed by atoms with Crippen LogP contribution in [0.25, 0.3) is 0 Å². The SMILES string of the molecule is CC(C)C1CCCN1C(C)(CN)C(C)C. The first kappa shape index (κ1) is 13.0. The molecule has 0 spiro atoms. The van der Waals surface area contributed by atoms with Crippen molar-refractivity contribution in [3.8, 4) is 0 Å². The van der Waals surface area contributed by atoms with Gasteiger partial charge < -0.3 is 5.73 Å². The Balaban J connectivity index is 2.84. The van der Waals surface area contributed by atoms with E-state index in [0.717, 1.165) is 18.5 Å². The van der Waals surface area contributed by atoms with Crippen LogP contribution < -0.4 is 5.73 Å². The fourth-order valence-corrected chi connectivity index (χ4v) is 2.80. The van der Waals surface area contributed by atoms with Gasteiger partial charge in [-0.15, -0.1) is 0 Å². The molecule has 1 aliphatic heterocycles. The Labute approximate surface area is 95.2 Å². The molecule has 2 heteroatoms.